The van der Waals surface area contributed by atoms with Crippen LogP contribution in [0.1, 0.15) is 65.8 Å². The molecule has 0 atom stereocenters. The minimum absolute atomic E-state index is 0.0245. The van der Waals surface area contributed by atoms with Gasteiger partial charge in [-0.2, -0.15) is 5.10 Å². The first-order valence-corrected chi connectivity index (χ1v) is 14.1. The summed E-state index contributed by atoms with van der Waals surface area (Å²) < 4.78 is 1.94. The Balaban J connectivity index is 1.34. The van der Waals surface area contributed by atoms with Crippen molar-refractivity contribution in [2.45, 2.75) is 57.4 Å². The van der Waals surface area contributed by atoms with Crippen molar-refractivity contribution in [2.75, 3.05) is 32.5 Å². The molecule has 2 fully saturated rings. The molecule has 2 aliphatic carbocycles. The lowest BCUT2D eigenvalue weighted by molar-refractivity contribution is -0.114. The van der Waals surface area contributed by atoms with E-state index in [4.69, 9.17) is 16.7 Å². The van der Waals surface area contributed by atoms with Crippen LogP contribution in [0.2, 0.25) is 5.02 Å². The highest BCUT2D eigenvalue weighted by atomic mass is 35.5. The van der Waals surface area contributed by atoms with Crippen molar-refractivity contribution >= 4 is 39.9 Å². The summed E-state index contributed by atoms with van der Waals surface area (Å²) in [6, 6.07) is 6.08. The molecule has 8 nitrogen and oxygen atoms in total. The van der Waals surface area contributed by atoms with E-state index in [0.717, 1.165) is 79.3 Å². The molecule has 10 heteroatoms. The molecule has 37 heavy (non-hydrogen) atoms. The van der Waals surface area contributed by atoms with Gasteiger partial charge in [-0.25, -0.2) is 9.67 Å². The Labute approximate surface area is 225 Å². The average molecular weight is 539 g/mol. The van der Waals surface area contributed by atoms with Crippen molar-refractivity contribution in [1.82, 2.24) is 24.6 Å². The number of carbonyl (C=O) groups excluding carboxylic acids is 2. The van der Waals surface area contributed by atoms with Crippen molar-refractivity contribution in [2.24, 2.45) is 0 Å². The quantitative estimate of drug-likeness (QED) is 0.507. The molecular weight excluding hydrogens is 508 g/mol. The van der Waals surface area contributed by atoms with Gasteiger partial charge >= 0.3 is 0 Å². The molecule has 0 spiro atoms. The van der Waals surface area contributed by atoms with E-state index in [0.29, 0.717) is 27.7 Å². The van der Waals surface area contributed by atoms with E-state index in [1.807, 2.05) is 21.7 Å². The van der Waals surface area contributed by atoms with E-state index in [1.165, 1.54) is 23.8 Å². The number of rotatable bonds is 5. The zero-order chi connectivity index (χ0) is 25.8. The number of aromatic nitrogens is 3. The van der Waals surface area contributed by atoms with Crippen LogP contribution >= 0.6 is 22.9 Å². The normalized spacial score (nSPS) is 17.6. The fourth-order valence-electron chi connectivity index (χ4n) is 5.54. The second kappa shape index (κ2) is 9.53. The maximum Gasteiger partial charge on any atom is 0.253 e. The molecular formula is C27H31ClN6O2S. The molecule has 2 amide bonds. The third kappa shape index (κ3) is 4.57. The van der Waals surface area contributed by atoms with Crippen molar-refractivity contribution in [3.8, 4) is 16.3 Å². The zero-order valence-corrected chi connectivity index (χ0v) is 23.0. The van der Waals surface area contributed by atoms with E-state index in [-0.39, 0.29) is 11.8 Å². The second-order valence-electron chi connectivity index (χ2n) is 10.5. The Bertz CT molecular complexity index is 1380. The van der Waals surface area contributed by atoms with Crippen LogP contribution in [0, 0.1) is 0 Å². The predicted octanol–water partition coefficient (Wildman–Crippen LogP) is 4.75. The third-order valence-electron chi connectivity index (χ3n) is 7.69. The molecule has 194 valence electrons. The number of nitrogens with one attached hydrogen (secondary N) is 1. The van der Waals surface area contributed by atoms with Gasteiger partial charge in [0.25, 0.3) is 5.91 Å². The number of thiazole rings is 1. The van der Waals surface area contributed by atoms with Crippen molar-refractivity contribution in [3.63, 3.8) is 0 Å². The lowest BCUT2D eigenvalue weighted by Gasteiger charge is -2.35. The number of piperidine rings is 1. The van der Waals surface area contributed by atoms with Crippen LogP contribution in [0.25, 0.3) is 16.3 Å². The van der Waals surface area contributed by atoms with E-state index in [2.05, 4.69) is 29.3 Å². The molecule has 1 aliphatic heterocycles. The first-order chi connectivity index (χ1) is 17.8. The topological polar surface area (TPSA) is 83.4 Å². The summed E-state index contributed by atoms with van der Waals surface area (Å²) in [7, 11) is 4.19. The molecule has 3 aliphatic rings. The molecule has 1 N–H and O–H groups in total. The van der Waals surface area contributed by atoms with Crippen LogP contribution in [0.5, 0.6) is 0 Å². The van der Waals surface area contributed by atoms with Gasteiger partial charge in [-0.3, -0.25) is 9.59 Å². The minimum atomic E-state index is -0.132. The number of anilines is 1. The standard InChI is InChI=1S/C27H31ClN6O2S/c1-15(35)29-27-30-21-8-7-19-23(16-4-5-16)31-34(24(19)25(21)37-27)22-9-6-17(14-20(22)28)26(36)33-12-10-18(11-13-33)32(2)3/h6,9,14,16,18H,4-5,7-8,10-13H2,1-3H3,(H,29,30,35). The second-order valence-corrected chi connectivity index (χ2v) is 11.9. The molecule has 1 saturated carbocycles. The number of halogens is 1. The van der Waals surface area contributed by atoms with Crippen molar-refractivity contribution in [3.05, 3.63) is 45.7 Å². The Kier molecular flexibility index (Phi) is 6.33. The first-order valence-electron chi connectivity index (χ1n) is 12.9. The largest absolute Gasteiger partial charge is 0.339 e. The highest BCUT2D eigenvalue weighted by Gasteiger charge is 2.36. The van der Waals surface area contributed by atoms with Gasteiger partial charge in [0, 0.05) is 43.1 Å². The maximum absolute atomic E-state index is 13.3. The predicted molar refractivity (Wildman–Crippen MR) is 146 cm³/mol. The minimum Gasteiger partial charge on any atom is -0.339 e. The van der Waals surface area contributed by atoms with Gasteiger partial charge in [-0.05, 0) is 70.8 Å². The molecule has 3 aromatic rings. The maximum atomic E-state index is 13.3. The van der Waals surface area contributed by atoms with E-state index in [1.54, 1.807) is 6.07 Å². The number of fused-ring (bicyclic) bond motifs is 3. The van der Waals surface area contributed by atoms with Crippen LogP contribution in [0.4, 0.5) is 5.13 Å². The number of hydrogen-bond donors (Lipinski definition) is 1. The number of carbonyl (C=O) groups is 2. The average Bonchev–Trinajstić information content (AvgIpc) is 3.52. The number of aryl methyl sites for hydroxylation is 1. The van der Waals surface area contributed by atoms with E-state index < -0.39 is 0 Å². The fraction of sp³-hybridized carbons (Fsp3) is 0.481. The summed E-state index contributed by atoms with van der Waals surface area (Å²) >= 11 is 8.34. The number of likely N-dealkylation sites (tertiary alicyclic amines) is 1. The molecule has 0 bridgehead atoms. The summed E-state index contributed by atoms with van der Waals surface area (Å²) in [5.74, 6) is 0.383. The molecule has 3 heterocycles. The van der Waals surface area contributed by atoms with Gasteiger partial charge in [0.15, 0.2) is 5.13 Å². The van der Waals surface area contributed by atoms with Crippen LogP contribution < -0.4 is 5.32 Å². The van der Waals surface area contributed by atoms with Crippen molar-refractivity contribution in [1.29, 1.82) is 0 Å². The van der Waals surface area contributed by atoms with Crippen LogP contribution in [0.15, 0.2) is 18.2 Å². The first kappa shape index (κ1) is 24.6. The van der Waals surface area contributed by atoms with E-state index >= 15 is 0 Å². The highest BCUT2D eigenvalue weighted by Crippen LogP contribution is 2.48. The fourth-order valence-corrected chi connectivity index (χ4v) is 6.92. The summed E-state index contributed by atoms with van der Waals surface area (Å²) in [5.41, 5.74) is 5.77. The Morgan fingerprint density at radius 3 is 2.54 bits per heavy atom. The highest BCUT2D eigenvalue weighted by molar-refractivity contribution is 7.19. The summed E-state index contributed by atoms with van der Waals surface area (Å²) in [6.07, 6.45) is 5.96. The lowest BCUT2D eigenvalue weighted by Crippen LogP contribution is -2.44. The monoisotopic (exact) mass is 538 g/mol. The zero-order valence-electron chi connectivity index (χ0n) is 21.4. The van der Waals surface area contributed by atoms with Crippen LogP contribution in [0.3, 0.4) is 0 Å². The van der Waals surface area contributed by atoms with Gasteiger partial charge < -0.3 is 15.1 Å². The SMILES string of the molecule is CC(=O)Nc1nc2c(s1)-c1c(c(C3CC3)nn1-c1ccc(C(=O)N3CCC(N(C)C)CC3)cc1Cl)CC2. The lowest BCUT2D eigenvalue weighted by atomic mass is 9.96. The Morgan fingerprint density at radius 2 is 1.89 bits per heavy atom. The summed E-state index contributed by atoms with van der Waals surface area (Å²) in [5, 5.41) is 9.01. The molecule has 0 radical (unpaired) electrons. The number of amides is 2. The third-order valence-corrected chi connectivity index (χ3v) is 9.01. The molecule has 2 aromatic heterocycles. The summed E-state index contributed by atoms with van der Waals surface area (Å²) in [4.78, 5) is 34.8. The van der Waals surface area contributed by atoms with Gasteiger partial charge in [0.2, 0.25) is 5.91 Å². The molecule has 0 unspecified atom stereocenters. The summed E-state index contributed by atoms with van der Waals surface area (Å²) in [6.45, 7) is 3.00. The van der Waals surface area contributed by atoms with Crippen LogP contribution in [-0.2, 0) is 17.6 Å². The van der Waals surface area contributed by atoms with Gasteiger partial charge in [-0.15, -0.1) is 0 Å². The smallest absolute Gasteiger partial charge is 0.253 e. The van der Waals surface area contributed by atoms with Gasteiger partial charge in [0.1, 0.15) is 0 Å². The molecule has 6 rings (SSSR count). The Hall–Kier alpha value is -2.75. The molecule has 1 aromatic carbocycles. The number of benzene rings is 1. The number of nitrogens with zero attached hydrogens (tertiary/aromatic N) is 5. The van der Waals surface area contributed by atoms with Gasteiger partial charge in [0.05, 0.1) is 32.7 Å². The van der Waals surface area contributed by atoms with Crippen molar-refractivity contribution < 1.29 is 9.59 Å². The van der Waals surface area contributed by atoms with Gasteiger partial charge in [-0.1, -0.05) is 22.9 Å². The molecule has 1 saturated heterocycles. The van der Waals surface area contributed by atoms with Crippen LogP contribution in [-0.4, -0.2) is 69.6 Å². The van der Waals surface area contributed by atoms with E-state index in [9.17, 15) is 9.59 Å². The number of hydrogen-bond acceptors (Lipinski definition) is 6. The Morgan fingerprint density at radius 1 is 1.14 bits per heavy atom.